The number of nitro benzene ring substituents is 1. The summed E-state index contributed by atoms with van der Waals surface area (Å²) in [6, 6.07) is 0.790. The molecule has 2 rings (SSSR count). The van der Waals surface area contributed by atoms with Crippen molar-refractivity contribution in [3.8, 4) is 0 Å². The van der Waals surface area contributed by atoms with Gasteiger partial charge in [0.2, 0.25) is 11.7 Å². The Morgan fingerprint density at radius 3 is 2.33 bits per heavy atom. The zero-order valence-electron chi connectivity index (χ0n) is 10.6. The minimum atomic E-state index is -1.66. The molecule has 2 N–H and O–H groups in total. The number of carbonyl (C=O) groups excluding carboxylic acids is 1. The van der Waals surface area contributed by atoms with E-state index in [1.165, 1.54) is 0 Å². The minimum Gasteiger partial charge on any atom is -0.480 e. The molecule has 0 spiro atoms. The van der Waals surface area contributed by atoms with Crippen molar-refractivity contribution in [2.45, 2.75) is 19.3 Å². The molecule has 0 aromatic heterocycles. The Kier molecular flexibility index (Phi) is 3.58. The number of hydrogen-bond acceptors (Lipinski definition) is 4. The number of benzene rings is 1. The summed E-state index contributed by atoms with van der Waals surface area (Å²) in [6.07, 6.45) is 0.726. The lowest BCUT2D eigenvalue weighted by Gasteiger charge is -2.35. The average Bonchev–Trinajstić information content (AvgIpc) is 2.29. The van der Waals surface area contributed by atoms with Crippen LogP contribution in [0.3, 0.4) is 0 Å². The van der Waals surface area contributed by atoms with Crippen LogP contribution < -0.4 is 5.32 Å². The van der Waals surface area contributed by atoms with E-state index in [1.807, 2.05) is 5.32 Å². The van der Waals surface area contributed by atoms with Gasteiger partial charge < -0.3 is 10.4 Å². The topological polar surface area (TPSA) is 110 Å². The molecule has 1 amide bonds. The van der Waals surface area contributed by atoms with Crippen LogP contribution >= 0.6 is 0 Å². The molecule has 1 aliphatic carbocycles. The Hall–Kier alpha value is -2.58. The van der Waals surface area contributed by atoms with Gasteiger partial charge in [-0.2, -0.15) is 4.39 Å². The van der Waals surface area contributed by atoms with E-state index in [-0.39, 0.29) is 18.9 Å². The highest BCUT2D eigenvalue weighted by Crippen LogP contribution is 2.42. The molecule has 1 fully saturated rings. The maximum atomic E-state index is 13.5. The number of anilines is 1. The molecule has 0 aliphatic heterocycles. The first-order valence-corrected chi connectivity index (χ1v) is 5.96. The lowest BCUT2D eigenvalue weighted by Crippen LogP contribution is -2.48. The van der Waals surface area contributed by atoms with E-state index in [0.717, 1.165) is 0 Å². The lowest BCUT2D eigenvalue weighted by atomic mass is 9.68. The van der Waals surface area contributed by atoms with Gasteiger partial charge >= 0.3 is 11.7 Å². The van der Waals surface area contributed by atoms with Crippen molar-refractivity contribution in [3.05, 3.63) is 33.9 Å². The molecule has 112 valence electrons. The van der Waals surface area contributed by atoms with Gasteiger partial charge in [0.15, 0.2) is 0 Å². The van der Waals surface area contributed by atoms with Crippen LogP contribution in [0.1, 0.15) is 19.3 Å². The Morgan fingerprint density at radius 2 is 1.90 bits per heavy atom. The summed E-state index contributed by atoms with van der Waals surface area (Å²) in [7, 11) is 0. The smallest absolute Gasteiger partial charge is 0.319 e. The monoisotopic (exact) mass is 300 g/mol. The Bertz CT molecular complexity index is 643. The van der Waals surface area contributed by atoms with Gasteiger partial charge in [0, 0.05) is 12.1 Å². The van der Waals surface area contributed by atoms with Gasteiger partial charge in [-0.3, -0.25) is 19.7 Å². The van der Waals surface area contributed by atoms with E-state index < -0.39 is 45.2 Å². The molecule has 7 nitrogen and oxygen atoms in total. The van der Waals surface area contributed by atoms with Crippen LogP contribution in [0, 0.1) is 27.2 Å². The molecule has 0 heterocycles. The molecular weight excluding hydrogens is 290 g/mol. The van der Waals surface area contributed by atoms with Crippen molar-refractivity contribution >= 4 is 23.3 Å². The average molecular weight is 300 g/mol. The highest BCUT2D eigenvalue weighted by Gasteiger charge is 2.51. The van der Waals surface area contributed by atoms with Crippen LogP contribution in [0.4, 0.5) is 20.2 Å². The predicted molar refractivity (Wildman–Crippen MR) is 65.6 cm³/mol. The van der Waals surface area contributed by atoms with Gasteiger partial charge in [-0.1, -0.05) is 6.42 Å². The van der Waals surface area contributed by atoms with Gasteiger partial charge in [0.1, 0.15) is 11.2 Å². The fourth-order valence-electron chi connectivity index (χ4n) is 2.08. The number of rotatable bonds is 4. The molecule has 0 atom stereocenters. The Morgan fingerprint density at radius 1 is 1.29 bits per heavy atom. The van der Waals surface area contributed by atoms with Crippen LogP contribution in [0.2, 0.25) is 0 Å². The van der Waals surface area contributed by atoms with Crippen LogP contribution in [-0.2, 0) is 9.59 Å². The normalized spacial score (nSPS) is 15.9. The minimum absolute atomic E-state index is 0.0963. The summed E-state index contributed by atoms with van der Waals surface area (Å²) in [5, 5.41) is 21.6. The third-order valence-corrected chi connectivity index (χ3v) is 3.53. The highest BCUT2D eigenvalue weighted by atomic mass is 19.1. The number of nitro groups is 1. The fourth-order valence-corrected chi connectivity index (χ4v) is 2.08. The van der Waals surface area contributed by atoms with E-state index in [4.69, 9.17) is 5.11 Å². The van der Waals surface area contributed by atoms with Crippen LogP contribution in [-0.4, -0.2) is 21.9 Å². The van der Waals surface area contributed by atoms with Crippen molar-refractivity contribution in [1.82, 2.24) is 0 Å². The van der Waals surface area contributed by atoms with Crippen LogP contribution in [0.5, 0.6) is 0 Å². The lowest BCUT2D eigenvalue weighted by molar-refractivity contribution is -0.387. The molecule has 0 radical (unpaired) electrons. The first-order chi connectivity index (χ1) is 9.78. The number of nitrogens with one attached hydrogen (secondary N) is 1. The highest BCUT2D eigenvalue weighted by molar-refractivity contribution is 6.09. The molecule has 1 aliphatic rings. The predicted octanol–water partition coefficient (Wildman–Crippen LogP) is 2.07. The van der Waals surface area contributed by atoms with Gasteiger partial charge in [0.05, 0.1) is 10.6 Å². The molecule has 1 aromatic carbocycles. The third kappa shape index (κ3) is 2.41. The number of hydrogen-bond donors (Lipinski definition) is 2. The number of halogens is 2. The molecule has 0 unspecified atom stereocenters. The number of carboxylic acids is 1. The van der Waals surface area contributed by atoms with Crippen molar-refractivity contribution in [2.24, 2.45) is 5.41 Å². The maximum Gasteiger partial charge on any atom is 0.319 e. The van der Waals surface area contributed by atoms with Crippen molar-refractivity contribution < 1.29 is 28.4 Å². The summed E-state index contributed by atoms with van der Waals surface area (Å²) in [5.41, 5.74) is -3.29. The third-order valence-electron chi connectivity index (χ3n) is 3.53. The molecular formula is C12H10F2N2O5. The van der Waals surface area contributed by atoms with Crippen LogP contribution in [0.25, 0.3) is 0 Å². The second-order valence-corrected chi connectivity index (χ2v) is 4.74. The van der Waals surface area contributed by atoms with E-state index in [2.05, 4.69) is 0 Å². The Labute approximate surface area is 116 Å². The molecule has 21 heavy (non-hydrogen) atoms. The number of aliphatic carboxylic acids is 1. The van der Waals surface area contributed by atoms with E-state index >= 15 is 0 Å². The summed E-state index contributed by atoms with van der Waals surface area (Å²) < 4.78 is 26.7. The summed E-state index contributed by atoms with van der Waals surface area (Å²) >= 11 is 0. The summed E-state index contributed by atoms with van der Waals surface area (Å²) in [4.78, 5) is 32.6. The molecule has 0 saturated heterocycles. The standard InChI is InChI=1S/C12H10F2N2O5/c13-6-4-7(14)9(16(20)21)5-8(6)15-10(17)12(11(18)19)2-1-3-12/h4-5H,1-3H2,(H,15,17)(H,18,19). The molecule has 0 bridgehead atoms. The quantitative estimate of drug-likeness (QED) is 0.502. The second kappa shape index (κ2) is 5.08. The van der Waals surface area contributed by atoms with Crippen molar-refractivity contribution in [3.63, 3.8) is 0 Å². The SMILES string of the molecule is O=C(O)C1(C(=O)Nc2cc([N+](=O)[O-])c(F)cc2F)CCC1. The van der Waals surface area contributed by atoms with E-state index in [1.54, 1.807) is 0 Å². The molecule has 9 heteroatoms. The maximum absolute atomic E-state index is 13.5. The first-order valence-electron chi connectivity index (χ1n) is 5.96. The van der Waals surface area contributed by atoms with Crippen LogP contribution in [0.15, 0.2) is 12.1 Å². The van der Waals surface area contributed by atoms with E-state index in [0.29, 0.717) is 12.5 Å². The van der Waals surface area contributed by atoms with Gasteiger partial charge in [-0.15, -0.1) is 0 Å². The van der Waals surface area contributed by atoms with Crippen molar-refractivity contribution in [1.29, 1.82) is 0 Å². The number of nitrogens with zero attached hydrogens (tertiary/aromatic N) is 1. The van der Waals surface area contributed by atoms with E-state index in [9.17, 15) is 28.5 Å². The van der Waals surface area contributed by atoms with Gasteiger partial charge in [0.25, 0.3) is 0 Å². The second-order valence-electron chi connectivity index (χ2n) is 4.74. The number of carboxylic acid groups (broad SMARTS) is 1. The van der Waals surface area contributed by atoms with Crippen molar-refractivity contribution in [2.75, 3.05) is 5.32 Å². The number of carbonyl (C=O) groups is 2. The molecule has 1 aromatic rings. The Balaban J connectivity index is 2.31. The molecule has 1 saturated carbocycles. The zero-order valence-corrected chi connectivity index (χ0v) is 10.6. The number of amides is 1. The fraction of sp³-hybridized carbons (Fsp3) is 0.333. The van der Waals surface area contributed by atoms with Gasteiger partial charge in [-0.05, 0) is 12.8 Å². The van der Waals surface area contributed by atoms with Gasteiger partial charge in [-0.25, -0.2) is 4.39 Å². The first kappa shape index (κ1) is 14.8. The largest absolute Gasteiger partial charge is 0.480 e. The summed E-state index contributed by atoms with van der Waals surface area (Å²) in [5.74, 6) is -4.91. The summed E-state index contributed by atoms with van der Waals surface area (Å²) in [6.45, 7) is 0. The zero-order chi connectivity index (χ0) is 15.8.